The normalized spacial score (nSPS) is 11.6. The number of hydrogen-bond donors (Lipinski definition) is 0. The summed E-state index contributed by atoms with van der Waals surface area (Å²) in [6.07, 6.45) is 0. The van der Waals surface area contributed by atoms with Gasteiger partial charge in [-0.15, -0.1) is 0 Å². The van der Waals surface area contributed by atoms with Crippen molar-refractivity contribution >= 4 is 214 Å². The lowest BCUT2D eigenvalue weighted by atomic mass is 9.96. The quantitative estimate of drug-likeness (QED) is 0.114. The van der Waals surface area contributed by atoms with E-state index in [1.165, 1.54) is 152 Å². The molecular weight excluding hydrogens is 1610 g/mol. The Hall–Kier alpha value is -17.6. The molecule has 0 saturated heterocycles. The molecule has 0 aliphatic rings. The topological polar surface area (TPSA) is 36.0 Å². The first-order valence-electron chi connectivity index (χ1n) is 45.5. The Morgan fingerprint density at radius 2 is 0.346 bits per heavy atom. The standard InChI is InChI=1S/C44H29N.2C42H27NO/c1-3-10-34-27-36(14-13-30(34)7-1)32-15-20-38(21-16-32)45(39-22-17-31-8-2-4-11-35(31)28-39)40-23-26-42-37(29-40)19-25-43-41-12-6-5-9-33(41)18-24-44(42)43;1-2-8-28(9-3-1)29-14-19-32(20-15-29)43(34-22-25-42-40(27-34)38-12-6-7-13-41(38)44-42)33-21-16-31-18-23-36-35-11-5-4-10-30(35)17-24-37(36)39(31)26-33;1-2-8-28(9-3-1)29-14-19-32(20-15-29)43(34-22-25-39-38-12-6-7-13-41(38)44-42(39)27-34)33-21-16-31-18-23-36-35-11-5-4-10-30(35)17-24-37(36)40(31)26-33/h1-29H;2*1-27H. The molecule has 27 aromatic rings. The highest BCUT2D eigenvalue weighted by molar-refractivity contribution is 6.21. The van der Waals surface area contributed by atoms with E-state index in [0.29, 0.717) is 0 Å². The molecule has 0 N–H and O–H groups in total. The van der Waals surface area contributed by atoms with Crippen LogP contribution in [0.15, 0.2) is 512 Å². The minimum Gasteiger partial charge on any atom is -0.456 e. The van der Waals surface area contributed by atoms with Gasteiger partial charge >= 0.3 is 0 Å². The molecule has 0 fully saturated rings. The van der Waals surface area contributed by atoms with Gasteiger partial charge in [-0.1, -0.05) is 364 Å². The molecule has 0 bridgehead atoms. The fourth-order valence-electron chi connectivity index (χ4n) is 20.2. The molecular formula is C128H83N3O2. The van der Waals surface area contributed by atoms with Crippen LogP contribution in [-0.2, 0) is 0 Å². The van der Waals surface area contributed by atoms with Crippen molar-refractivity contribution < 1.29 is 8.83 Å². The van der Waals surface area contributed by atoms with E-state index in [1.54, 1.807) is 0 Å². The summed E-state index contributed by atoms with van der Waals surface area (Å²) in [6, 6.07) is 181. The van der Waals surface area contributed by atoms with Crippen molar-refractivity contribution in [2.75, 3.05) is 14.7 Å². The number of para-hydroxylation sites is 2. The lowest BCUT2D eigenvalue weighted by Crippen LogP contribution is -2.10. The highest BCUT2D eigenvalue weighted by Crippen LogP contribution is 2.47. The molecule has 0 spiro atoms. The molecule has 0 amide bonds. The van der Waals surface area contributed by atoms with Gasteiger partial charge in [0.25, 0.3) is 0 Å². The Balaban J connectivity index is 0.000000107. The van der Waals surface area contributed by atoms with Crippen molar-refractivity contribution in [3.63, 3.8) is 0 Å². The van der Waals surface area contributed by atoms with Gasteiger partial charge in [0, 0.05) is 78.8 Å². The minimum atomic E-state index is 0.882. The summed E-state index contributed by atoms with van der Waals surface area (Å²) in [7, 11) is 0. The van der Waals surface area contributed by atoms with Crippen molar-refractivity contribution in [2.45, 2.75) is 0 Å². The molecule has 5 heteroatoms. The van der Waals surface area contributed by atoms with E-state index in [9.17, 15) is 0 Å². The zero-order valence-corrected chi connectivity index (χ0v) is 72.6. The SMILES string of the molecule is c1ccc(-c2ccc(N(c3ccc4c(c3)oc3ccccc34)c3ccc4ccc5c6ccccc6ccc5c4c3)cc2)cc1.c1ccc(-c2ccc(N(c3ccc4ccc5c6ccccc6ccc5c4c3)c3ccc4oc5ccccc5c4c3)cc2)cc1.c1ccc2cc(-c3ccc(N(c4ccc5ccccc5c4)c4ccc5c(ccc6c7ccccc7ccc56)c4)cc3)ccc2c1. The molecule has 0 aliphatic heterocycles. The van der Waals surface area contributed by atoms with Gasteiger partial charge in [-0.2, -0.15) is 0 Å². The van der Waals surface area contributed by atoms with Gasteiger partial charge in [0.05, 0.1) is 0 Å². The number of anilines is 9. The van der Waals surface area contributed by atoms with Crippen molar-refractivity contribution in [3.05, 3.63) is 504 Å². The van der Waals surface area contributed by atoms with Gasteiger partial charge in [0.1, 0.15) is 22.3 Å². The summed E-state index contributed by atoms with van der Waals surface area (Å²) in [5, 5.41) is 32.2. The Bertz CT molecular complexity index is 9220. The Morgan fingerprint density at radius 3 is 0.812 bits per heavy atom. The Kier molecular flexibility index (Phi) is 19.2. The van der Waals surface area contributed by atoms with Crippen molar-refractivity contribution in [2.24, 2.45) is 0 Å². The highest BCUT2D eigenvalue weighted by Gasteiger charge is 2.23. The Morgan fingerprint density at radius 1 is 0.105 bits per heavy atom. The predicted octanol–water partition coefficient (Wildman–Crippen LogP) is 37.0. The zero-order chi connectivity index (χ0) is 87.8. The van der Waals surface area contributed by atoms with Crippen molar-refractivity contribution in [1.29, 1.82) is 0 Å². The first-order chi connectivity index (χ1) is 65.9. The number of rotatable bonds is 12. The monoisotopic (exact) mass is 1690 g/mol. The van der Waals surface area contributed by atoms with Crippen molar-refractivity contribution in [1.82, 2.24) is 0 Å². The van der Waals surface area contributed by atoms with E-state index in [0.717, 1.165) is 95.1 Å². The Labute approximate surface area is 768 Å². The van der Waals surface area contributed by atoms with Crippen LogP contribution in [0.25, 0.3) is 196 Å². The number of hydrogen-bond acceptors (Lipinski definition) is 5. The lowest BCUT2D eigenvalue weighted by molar-refractivity contribution is 0.668. The molecule has 2 heterocycles. The molecule has 0 aliphatic carbocycles. The number of fused-ring (bicyclic) bond motifs is 23. The van der Waals surface area contributed by atoms with Gasteiger partial charge in [-0.05, 0) is 285 Å². The van der Waals surface area contributed by atoms with Crippen LogP contribution in [0.1, 0.15) is 0 Å². The summed E-state index contributed by atoms with van der Waals surface area (Å²) in [4.78, 5) is 7.07. The zero-order valence-electron chi connectivity index (χ0n) is 72.6. The number of benzene rings is 25. The van der Waals surface area contributed by atoms with Gasteiger partial charge in [-0.3, -0.25) is 0 Å². The maximum atomic E-state index is 6.33. The first-order valence-corrected chi connectivity index (χ1v) is 45.5. The van der Waals surface area contributed by atoms with E-state index in [2.05, 4.69) is 494 Å². The summed E-state index contributed by atoms with van der Waals surface area (Å²) < 4.78 is 12.5. The van der Waals surface area contributed by atoms with Crippen LogP contribution in [0.2, 0.25) is 0 Å². The number of nitrogens with zero attached hydrogens (tertiary/aromatic N) is 3. The first kappa shape index (κ1) is 77.7. The highest BCUT2D eigenvalue weighted by atomic mass is 16.3. The van der Waals surface area contributed by atoms with Crippen LogP contribution in [0.3, 0.4) is 0 Å². The smallest absolute Gasteiger partial charge is 0.137 e. The second kappa shape index (κ2) is 32.9. The molecule has 133 heavy (non-hydrogen) atoms. The fraction of sp³-hybridized carbons (Fsp3) is 0. The third-order valence-corrected chi connectivity index (χ3v) is 26.9. The molecule has 27 rings (SSSR count). The van der Waals surface area contributed by atoms with E-state index < -0.39 is 0 Å². The van der Waals surface area contributed by atoms with Crippen LogP contribution in [-0.4, -0.2) is 0 Å². The van der Waals surface area contributed by atoms with E-state index in [4.69, 9.17) is 8.83 Å². The lowest BCUT2D eigenvalue weighted by Gasteiger charge is -2.26. The number of furan rings is 2. The van der Waals surface area contributed by atoms with Gasteiger partial charge in [0.2, 0.25) is 0 Å². The van der Waals surface area contributed by atoms with Crippen LogP contribution in [0, 0.1) is 0 Å². The molecule has 622 valence electrons. The molecule has 0 unspecified atom stereocenters. The fourth-order valence-corrected chi connectivity index (χ4v) is 20.2. The summed E-state index contributed by atoms with van der Waals surface area (Å²) in [5.74, 6) is 0. The third-order valence-electron chi connectivity index (χ3n) is 26.9. The second-order valence-corrected chi connectivity index (χ2v) is 34.6. The molecule has 2 aromatic heterocycles. The molecule has 5 nitrogen and oxygen atoms in total. The van der Waals surface area contributed by atoms with Crippen LogP contribution in [0.4, 0.5) is 51.2 Å². The predicted molar refractivity (Wildman–Crippen MR) is 567 cm³/mol. The summed E-state index contributed by atoms with van der Waals surface area (Å²) in [6.45, 7) is 0. The molecule has 25 aromatic carbocycles. The van der Waals surface area contributed by atoms with Gasteiger partial charge < -0.3 is 23.5 Å². The average molecular weight is 1700 g/mol. The molecule has 0 radical (unpaired) electrons. The molecule has 0 saturated carbocycles. The van der Waals surface area contributed by atoms with Crippen LogP contribution < -0.4 is 14.7 Å². The average Bonchev–Trinajstić information content (AvgIpc) is 1.75. The minimum absolute atomic E-state index is 0.882. The summed E-state index contributed by atoms with van der Waals surface area (Å²) in [5.41, 5.74) is 20.8. The van der Waals surface area contributed by atoms with Crippen LogP contribution >= 0.6 is 0 Å². The van der Waals surface area contributed by atoms with Crippen LogP contribution in [0.5, 0.6) is 0 Å². The van der Waals surface area contributed by atoms with Gasteiger partial charge in [0.15, 0.2) is 0 Å². The maximum Gasteiger partial charge on any atom is 0.137 e. The van der Waals surface area contributed by atoms with E-state index in [-0.39, 0.29) is 0 Å². The maximum absolute atomic E-state index is 6.33. The van der Waals surface area contributed by atoms with E-state index >= 15 is 0 Å². The largest absolute Gasteiger partial charge is 0.456 e. The van der Waals surface area contributed by atoms with Gasteiger partial charge in [-0.25, -0.2) is 0 Å². The second-order valence-electron chi connectivity index (χ2n) is 34.6. The van der Waals surface area contributed by atoms with Crippen molar-refractivity contribution in [3.8, 4) is 33.4 Å². The summed E-state index contributed by atoms with van der Waals surface area (Å²) >= 11 is 0. The van der Waals surface area contributed by atoms with E-state index in [1.807, 2.05) is 24.3 Å². The molecule has 0 atom stereocenters. The third kappa shape index (κ3) is 14.2.